The van der Waals surface area contributed by atoms with Crippen LogP contribution in [0, 0.1) is 0 Å². The Balaban J connectivity index is 2.85. The lowest BCUT2D eigenvalue weighted by molar-refractivity contribution is 0.477. The van der Waals surface area contributed by atoms with Gasteiger partial charge in [0.05, 0.1) is 5.69 Å². The van der Waals surface area contributed by atoms with Gasteiger partial charge in [-0.3, -0.25) is 4.68 Å². The van der Waals surface area contributed by atoms with E-state index >= 15 is 0 Å². The first-order valence-corrected chi connectivity index (χ1v) is 5.06. The van der Waals surface area contributed by atoms with Crippen molar-refractivity contribution in [2.24, 2.45) is 7.05 Å². The lowest BCUT2D eigenvalue weighted by Gasteiger charge is -2.15. The molecule has 2 aromatic rings. The zero-order valence-corrected chi connectivity index (χ0v) is 9.57. The van der Waals surface area contributed by atoms with Crippen LogP contribution in [0.5, 0.6) is 5.75 Å². The highest BCUT2D eigenvalue weighted by Gasteiger charge is 2.22. The van der Waals surface area contributed by atoms with E-state index in [-0.39, 0.29) is 11.2 Å². The molecular weight excluding hydrogens is 188 g/mol. The van der Waals surface area contributed by atoms with Gasteiger partial charge in [0.1, 0.15) is 11.3 Å². The molecule has 0 atom stereocenters. The van der Waals surface area contributed by atoms with Crippen LogP contribution >= 0.6 is 0 Å². The Morgan fingerprint density at radius 1 is 1.27 bits per heavy atom. The van der Waals surface area contributed by atoms with Crippen molar-refractivity contribution in [1.82, 2.24) is 9.78 Å². The number of benzene rings is 1. The summed E-state index contributed by atoms with van der Waals surface area (Å²) in [7, 11) is 1.86. The lowest BCUT2D eigenvalue weighted by atomic mass is 9.90. The number of phenolic OH excluding ortho intramolecular Hbond substituents is 1. The summed E-state index contributed by atoms with van der Waals surface area (Å²) in [5.41, 5.74) is 1.83. The van der Waals surface area contributed by atoms with Gasteiger partial charge in [0.15, 0.2) is 0 Å². The third-order valence-corrected chi connectivity index (χ3v) is 2.55. The van der Waals surface area contributed by atoms with Gasteiger partial charge in [0.2, 0.25) is 0 Å². The first-order valence-electron chi connectivity index (χ1n) is 5.06. The molecule has 1 aromatic heterocycles. The van der Waals surface area contributed by atoms with Gasteiger partial charge in [-0.1, -0.05) is 32.9 Å². The molecule has 0 aliphatic carbocycles. The monoisotopic (exact) mass is 204 g/mol. The Morgan fingerprint density at radius 2 is 1.93 bits per heavy atom. The summed E-state index contributed by atoms with van der Waals surface area (Å²) in [6.07, 6.45) is 0. The van der Waals surface area contributed by atoms with Crippen LogP contribution in [0.1, 0.15) is 26.5 Å². The first kappa shape index (κ1) is 10.0. The Hall–Kier alpha value is -1.51. The van der Waals surface area contributed by atoms with Crippen LogP contribution in [0.4, 0.5) is 0 Å². The number of hydrogen-bond donors (Lipinski definition) is 1. The van der Waals surface area contributed by atoms with Crippen LogP contribution in [-0.4, -0.2) is 14.9 Å². The van der Waals surface area contributed by atoms with Gasteiger partial charge in [0, 0.05) is 17.8 Å². The van der Waals surface area contributed by atoms with Gasteiger partial charge in [0.25, 0.3) is 0 Å². The zero-order chi connectivity index (χ0) is 11.2. The minimum atomic E-state index is -0.00664. The molecule has 3 heteroatoms. The number of phenols is 1. The number of para-hydroxylation sites is 1. The van der Waals surface area contributed by atoms with E-state index in [9.17, 15) is 5.11 Å². The Bertz CT molecular complexity index is 506. The standard InChI is InChI=1S/C12H16N2O/c1-12(2,3)11-8-6-5-7-9(15)10(8)14(4)13-11/h5-7,15H,1-4H3. The van der Waals surface area contributed by atoms with E-state index in [1.165, 1.54) is 0 Å². The van der Waals surface area contributed by atoms with Gasteiger partial charge < -0.3 is 5.11 Å². The van der Waals surface area contributed by atoms with Crippen molar-refractivity contribution in [3.8, 4) is 5.75 Å². The summed E-state index contributed by atoms with van der Waals surface area (Å²) in [5, 5.41) is 15.3. The molecule has 0 aliphatic rings. The Kier molecular flexibility index (Phi) is 2.00. The van der Waals surface area contributed by atoms with Gasteiger partial charge in [-0.25, -0.2) is 0 Å². The SMILES string of the molecule is Cn1nc(C(C)(C)C)c2cccc(O)c21. The molecule has 1 heterocycles. The number of hydrogen-bond acceptors (Lipinski definition) is 2. The molecule has 0 aliphatic heterocycles. The fourth-order valence-corrected chi connectivity index (χ4v) is 1.87. The van der Waals surface area contributed by atoms with Crippen molar-refractivity contribution in [3.05, 3.63) is 23.9 Å². The van der Waals surface area contributed by atoms with E-state index < -0.39 is 0 Å². The van der Waals surface area contributed by atoms with Gasteiger partial charge >= 0.3 is 0 Å². The molecule has 1 aromatic carbocycles. The second-order valence-electron chi connectivity index (χ2n) is 4.90. The van der Waals surface area contributed by atoms with Crippen LogP contribution in [0.3, 0.4) is 0 Å². The van der Waals surface area contributed by atoms with Gasteiger partial charge in [-0.15, -0.1) is 0 Å². The third-order valence-electron chi connectivity index (χ3n) is 2.55. The predicted octanol–water partition coefficient (Wildman–Crippen LogP) is 2.58. The quantitative estimate of drug-likeness (QED) is 0.716. The molecular formula is C12H16N2O. The third kappa shape index (κ3) is 1.48. The largest absolute Gasteiger partial charge is 0.506 e. The lowest BCUT2D eigenvalue weighted by Crippen LogP contribution is -2.12. The van der Waals surface area contributed by atoms with Crippen molar-refractivity contribution >= 4 is 10.9 Å². The average molecular weight is 204 g/mol. The van der Waals surface area contributed by atoms with Crippen LogP contribution in [-0.2, 0) is 12.5 Å². The molecule has 0 saturated heterocycles. The molecule has 0 fully saturated rings. The van der Waals surface area contributed by atoms with Crippen LogP contribution < -0.4 is 0 Å². The molecule has 1 N–H and O–H groups in total. The number of fused-ring (bicyclic) bond motifs is 1. The maximum Gasteiger partial charge on any atom is 0.141 e. The van der Waals surface area contributed by atoms with E-state index in [1.807, 2.05) is 19.2 Å². The summed E-state index contributed by atoms with van der Waals surface area (Å²) in [6, 6.07) is 5.55. The Morgan fingerprint density at radius 3 is 2.53 bits per heavy atom. The van der Waals surface area contributed by atoms with Gasteiger partial charge in [-0.05, 0) is 6.07 Å². The predicted molar refractivity (Wildman–Crippen MR) is 61.1 cm³/mol. The molecule has 0 radical (unpaired) electrons. The van der Waals surface area contributed by atoms with E-state index in [2.05, 4.69) is 25.9 Å². The van der Waals surface area contributed by atoms with Crippen molar-refractivity contribution in [1.29, 1.82) is 0 Å². The van der Waals surface area contributed by atoms with Crippen LogP contribution in [0.15, 0.2) is 18.2 Å². The second-order valence-corrected chi connectivity index (χ2v) is 4.90. The first-order chi connectivity index (χ1) is 6.91. The minimum Gasteiger partial charge on any atom is -0.506 e. The summed E-state index contributed by atoms with van der Waals surface area (Å²) < 4.78 is 1.74. The zero-order valence-electron chi connectivity index (χ0n) is 9.57. The number of nitrogens with zero attached hydrogens (tertiary/aromatic N) is 2. The molecule has 0 amide bonds. The number of rotatable bonds is 0. The number of aryl methyl sites for hydroxylation is 1. The summed E-state index contributed by atoms with van der Waals surface area (Å²) in [4.78, 5) is 0. The van der Waals surface area contributed by atoms with Crippen molar-refractivity contribution in [2.45, 2.75) is 26.2 Å². The normalized spacial score (nSPS) is 12.3. The smallest absolute Gasteiger partial charge is 0.141 e. The van der Waals surface area contributed by atoms with Crippen molar-refractivity contribution in [2.75, 3.05) is 0 Å². The van der Waals surface area contributed by atoms with Crippen molar-refractivity contribution in [3.63, 3.8) is 0 Å². The average Bonchev–Trinajstić information content (AvgIpc) is 2.44. The van der Waals surface area contributed by atoms with Crippen LogP contribution in [0.25, 0.3) is 10.9 Å². The topological polar surface area (TPSA) is 38.0 Å². The molecule has 0 unspecified atom stereocenters. The highest BCUT2D eigenvalue weighted by atomic mass is 16.3. The molecule has 3 nitrogen and oxygen atoms in total. The summed E-state index contributed by atoms with van der Waals surface area (Å²) in [6.45, 7) is 6.37. The molecule has 0 saturated carbocycles. The molecule has 15 heavy (non-hydrogen) atoms. The molecule has 2 rings (SSSR count). The van der Waals surface area contributed by atoms with E-state index in [1.54, 1.807) is 10.7 Å². The van der Waals surface area contributed by atoms with E-state index in [0.717, 1.165) is 16.6 Å². The van der Waals surface area contributed by atoms with Gasteiger partial charge in [-0.2, -0.15) is 5.10 Å². The maximum atomic E-state index is 9.77. The minimum absolute atomic E-state index is 0.00664. The fraction of sp³-hybridized carbons (Fsp3) is 0.417. The molecule has 80 valence electrons. The fourth-order valence-electron chi connectivity index (χ4n) is 1.87. The highest BCUT2D eigenvalue weighted by Crippen LogP contribution is 2.32. The molecule has 0 bridgehead atoms. The second kappa shape index (κ2) is 2.99. The van der Waals surface area contributed by atoms with Crippen molar-refractivity contribution < 1.29 is 5.11 Å². The number of aromatic hydroxyl groups is 1. The summed E-state index contributed by atoms with van der Waals surface area (Å²) >= 11 is 0. The number of aromatic nitrogens is 2. The van der Waals surface area contributed by atoms with E-state index in [4.69, 9.17) is 0 Å². The highest BCUT2D eigenvalue weighted by molar-refractivity contribution is 5.87. The van der Waals surface area contributed by atoms with Crippen LogP contribution in [0.2, 0.25) is 0 Å². The summed E-state index contributed by atoms with van der Waals surface area (Å²) in [5.74, 6) is 0.290. The Labute approximate surface area is 89.3 Å². The van der Waals surface area contributed by atoms with E-state index in [0.29, 0.717) is 0 Å². The maximum absolute atomic E-state index is 9.77. The molecule has 0 spiro atoms.